The van der Waals surface area contributed by atoms with Crippen LogP contribution < -0.4 is 15.0 Å². The minimum Gasteiger partial charge on any atom is -0.479 e. The van der Waals surface area contributed by atoms with Gasteiger partial charge in [-0.25, -0.2) is 0 Å². The maximum Gasteiger partial charge on any atom is 0.262 e. The standard InChI is InChI=1S/C23H24ClN5O3/c1-27-15-20(22(26-27)32-2)21(30)25-18-8-6-16(7-9-18)23(31)29-12-10-28(11-13-29)19-5-3-4-17(24)14-19/h3-9,14-15H,10-13H2,1-2H3,(H,25,30). The number of nitrogens with zero attached hydrogens (tertiary/aromatic N) is 4. The van der Waals surface area contributed by atoms with E-state index in [1.165, 1.54) is 11.8 Å². The minimum absolute atomic E-state index is 0.0254. The number of halogens is 1. The summed E-state index contributed by atoms with van der Waals surface area (Å²) in [4.78, 5) is 29.5. The van der Waals surface area contributed by atoms with E-state index >= 15 is 0 Å². The van der Waals surface area contributed by atoms with Crippen molar-refractivity contribution in [1.29, 1.82) is 0 Å². The van der Waals surface area contributed by atoms with E-state index in [-0.39, 0.29) is 17.7 Å². The number of hydrogen-bond acceptors (Lipinski definition) is 5. The third kappa shape index (κ3) is 4.70. The molecular formula is C23H24ClN5O3. The number of methoxy groups -OCH3 is 1. The van der Waals surface area contributed by atoms with E-state index in [9.17, 15) is 9.59 Å². The van der Waals surface area contributed by atoms with Gasteiger partial charge in [-0.1, -0.05) is 17.7 Å². The molecule has 2 heterocycles. The molecule has 0 radical (unpaired) electrons. The van der Waals surface area contributed by atoms with Crippen LogP contribution in [0.5, 0.6) is 5.88 Å². The maximum absolute atomic E-state index is 12.9. The highest BCUT2D eigenvalue weighted by molar-refractivity contribution is 6.30. The Labute approximate surface area is 191 Å². The normalized spacial score (nSPS) is 13.7. The molecule has 166 valence electrons. The summed E-state index contributed by atoms with van der Waals surface area (Å²) in [5.41, 5.74) is 2.57. The molecule has 8 nitrogen and oxygen atoms in total. The number of hydrogen-bond donors (Lipinski definition) is 1. The van der Waals surface area contributed by atoms with Crippen LogP contribution >= 0.6 is 11.6 Å². The van der Waals surface area contributed by atoms with Gasteiger partial charge < -0.3 is 19.9 Å². The van der Waals surface area contributed by atoms with E-state index in [0.29, 0.717) is 34.9 Å². The average molecular weight is 454 g/mol. The number of amides is 2. The van der Waals surface area contributed by atoms with Crippen LogP contribution in [0.15, 0.2) is 54.7 Å². The van der Waals surface area contributed by atoms with Crippen LogP contribution in [0.25, 0.3) is 0 Å². The van der Waals surface area contributed by atoms with Crippen molar-refractivity contribution in [2.24, 2.45) is 7.05 Å². The predicted molar refractivity (Wildman–Crippen MR) is 124 cm³/mol. The molecule has 1 aliphatic rings. The van der Waals surface area contributed by atoms with Gasteiger partial charge in [0.15, 0.2) is 0 Å². The molecule has 2 amide bonds. The van der Waals surface area contributed by atoms with Crippen LogP contribution in [-0.4, -0.2) is 59.8 Å². The van der Waals surface area contributed by atoms with E-state index in [1.54, 1.807) is 37.5 Å². The smallest absolute Gasteiger partial charge is 0.262 e. The second-order valence-electron chi connectivity index (χ2n) is 7.52. The van der Waals surface area contributed by atoms with Crippen molar-refractivity contribution in [3.05, 3.63) is 70.9 Å². The highest BCUT2D eigenvalue weighted by atomic mass is 35.5. The first kappa shape index (κ1) is 21.7. The number of carbonyl (C=O) groups excluding carboxylic acids is 2. The van der Waals surface area contributed by atoms with Gasteiger partial charge in [0, 0.05) is 61.4 Å². The van der Waals surface area contributed by atoms with E-state index in [4.69, 9.17) is 16.3 Å². The van der Waals surface area contributed by atoms with Gasteiger partial charge in [-0.05, 0) is 42.5 Å². The molecule has 4 rings (SSSR count). The molecule has 1 N–H and O–H groups in total. The first-order chi connectivity index (χ1) is 15.4. The highest BCUT2D eigenvalue weighted by Crippen LogP contribution is 2.22. The van der Waals surface area contributed by atoms with Gasteiger partial charge in [0.1, 0.15) is 5.56 Å². The first-order valence-corrected chi connectivity index (χ1v) is 10.6. The summed E-state index contributed by atoms with van der Waals surface area (Å²) in [6.07, 6.45) is 1.59. The Hall–Kier alpha value is -3.52. The topological polar surface area (TPSA) is 79.7 Å². The van der Waals surface area contributed by atoms with Gasteiger partial charge in [0.05, 0.1) is 7.11 Å². The molecule has 0 spiro atoms. The summed E-state index contributed by atoms with van der Waals surface area (Å²) in [5, 5.41) is 7.59. The van der Waals surface area contributed by atoms with Gasteiger partial charge in [-0.2, -0.15) is 0 Å². The van der Waals surface area contributed by atoms with Crippen molar-refractivity contribution in [3.8, 4) is 5.88 Å². The van der Waals surface area contributed by atoms with Crippen molar-refractivity contribution in [2.45, 2.75) is 0 Å². The number of nitrogens with one attached hydrogen (secondary N) is 1. The van der Waals surface area contributed by atoms with Gasteiger partial charge in [-0.3, -0.25) is 14.3 Å². The fourth-order valence-electron chi connectivity index (χ4n) is 3.69. The van der Waals surface area contributed by atoms with Crippen LogP contribution in [0.2, 0.25) is 5.02 Å². The second kappa shape index (κ2) is 9.32. The van der Waals surface area contributed by atoms with Crippen LogP contribution in [-0.2, 0) is 7.05 Å². The summed E-state index contributed by atoms with van der Waals surface area (Å²) < 4.78 is 6.65. The molecular weight excluding hydrogens is 430 g/mol. The quantitative estimate of drug-likeness (QED) is 0.641. The summed E-state index contributed by atoms with van der Waals surface area (Å²) in [6, 6.07) is 14.6. The number of ether oxygens (including phenoxy) is 1. The van der Waals surface area contributed by atoms with Gasteiger partial charge in [0.2, 0.25) is 5.88 Å². The molecule has 0 atom stereocenters. The Bertz CT molecular complexity index is 1120. The Morgan fingerprint density at radius 3 is 2.44 bits per heavy atom. The number of anilines is 2. The number of aromatic nitrogens is 2. The molecule has 0 unspecified atom stereocenters. The predicted octanol–water partition coefficient (Wildman–Crippen LogP) is 3.30. The molecule has 1 saturated heterocycles. The summed E-state index contributed by atoms with van der Waals surface area (Å²) >= 11 is 6.09. The van der Waals surface area contributed by atoms with Crippen LogP contribution in [0, 0.1) is 0 Å². The summed E-state index contributed by atoms with van der Waals surface area (Å²) in [6.45, 7) is 2.75. The fourth-order valence-corrected chi connectivity index (χ4v) is 3.88. The van der Waals surface area contributed by atoms with Gasteiger partial charge in [-0.15, -0.1) is 5.10 Å². The average Bonchev–Trinajstić information content (AvgIpc) is 3.20. The lowest BCUT2D eigenvalue weighted by Crippen LogP contribution is -2.48. The molecule has 1 fully saturated rings. The van der Waals surface area contributed by atoms with E-state index in [0.717, 1.165) is 18.8 Å². The molecule has 3 aromatic rings. The Balaban J connectivity index is 1.36. The zero-order valence-electron chi connectivity index (χ0n) is 17.9. The molecule has 32 heavy (non-hydrogen) atoms. The van der Waals surface area contributed by atoms with Crippen molar-refractivity contribution < 1.29 is 14.3 Å². The Kier molecular flexibility index (Phi) is 6.32. The number of piperazine rings is 1. The lowest BCUT2D eigenvalue weighted by molar-refractivity contribution is 0.0746. The Morgan fingerprint density at radius 2 is 1.78 bits per heavy atom. The van der Waals surface area contributed by atoms with Gasteiger partial charge >= 0.3 is 0 Å². The largest absolute Gasteiger partial charge is 0.479 e. The van der Waals surface area contributed by atoms with Crippen LogP contribution in [0.4, 0.5) is 11.4 Å². The zero-order valence-corrected chi connectivity index (χ0v) is 18.7. The number of benzene rings is 2. The van der Waals surface area contributed by atoms with Crippen LogP contribution in [0.3, 0.4) is 0 Å². The monoisotopic (exact) mass is 453 g/mol. The van der Waals surface area contributed by atoms with Crippen LogP contribution in [0.1, 0.15) is 20.7 Å². The SMILES string of the molecule is COc1nn(C)cc1C(=O)Nc1ccc(C(=O)N2CCN(c3cccc(Cl)c3)CC2)cc1. The minimum atomic E-state index is -0.328. The molecule has 2 aromatic carbocycles. The zero-order chi connectivity index (χ0) is 22.7. The highest BCUT2D eigenvalue weighted by Gasteiger charge is 2.23. The van der Waals surface area contributed by atoms with E-state index in [2.05, 4.69) is 15.3 Å². The van der Waals surface area contributed by atoms with Crippen molar-refractivity contribution in [2.75, 3.05) is 43.5 Å². The number of carbonyl (C=O) groups is 2. The molecule has 9 heteroatoms. The number of rotatable bonds is 5. The molecule has 0 saturated carbocycles. The number of aryl methyl sites for hydroxylation is 1. The summed E-state index contributed by atoms with van der Waals surface area (Å²) in [5.74, 6) is -0.0950. The molecule has 1 aliphatic heterocycles. The van der Waals surface area contributed by atoms with Gasteiger partial charge in [0.25, 0.3) is 11.8 Å². The van der Waals surface area contributed by atoms with Crippen molar-refractivity contribution in [3.63, 3.8) is 0 Å². The third-order valence-electron chi connectivity index (χ3n) is 5.36. The maximum atomic E-state index is 12.9. The Morgan fingerprint density at radius 1 is 1.06 bits per heavy atom. The molecule has 0 aliphatic carbocycles. The lowest BCUT2D eigenvalue weighted by Gasteiger charge is -2.36. The third-order valence-corrected chi connectivity index (χ3v) is 5.60. The van der Waals surface area contributed by atoms with Crippen molar-refractivity contribution >= 4 is 34.8 Å². The summed E-state index contributed by atoms with van der Waals surface area (Å²) in [7, 11) is 3.18. The van der Waals surface area contributed by atoms with E-state index < -0.39 is 0 Å². The molecule has 0 bridgehead atoms. The lowest BCUT2D eigenvalue weighted by atomic mass is 10.1. The first-order valence-electron chi connectivity index (χ1n) is 10.2. The van der Waals surface area contributed by atoms with Crippen molar-refractivity contribution in [1.82, 2.24) is 14.7 Å². The second-order valence-corrected chi connectivity index (χ2v) is 7.95. The fraction of sp³-hybridized carbons (Fsp3) is 0.261. The van der Waals surface area contributed by atoms with E-state index in [1.807, 2.05) is 29.2 Å². The molecule has 1 aromatic heterocycles.